The summed E-state index contributed by atoms with van der Waals surface area (Å²) in [5.74, 6) is 1.52. The summed E-state index contributed by atoms with van der Waals surface area (Å²) in [5, 5.41) is 11.5. The average Bonchev–Trinajstić information content (AvgIpc) is 3.84. The molecule has 2 fully saturated rings. The van der Waals surface area contributed by atoms with Crippen molar-refractivity contribution in [1.82, 2.24) is 43.2 Å². The second-order valence-corrected chi connectivity index (χ2v) is 13.8. The van der Waals surface area contributed by atoms with E-state index < -0.39 is 0 Å². The Bertz CT molecular complexity index is 1770. The fourth-order valence-corrected chi connectivity index (χ4v) is 6.99. The Balaban J connectivity index is 0.000000200. The lowest BCUT2D eigenvalue weighted by Crippen LogP contribution is -2.43. The molecule has 2 N–H and O–H groups in total. The Morgan fingerprint density at radius 3 is 2.56 bits per heavy atom. The van der Waals surface area contributed by atoms with Crippen LogP contribution in [0.15, 0.2) is 55.1 Å². The van der Waals surface area contributed by atoms with Crippen molar-refractivity contribution >= 4 is 40.1 Å². The summed E-state index contributed by atoms with van der Waals surface area (Å²) >= 11 is 1.48. The van der Waals surface area contributed by atoms with E-state index in [9.17, 15) is 4.79 Å². The van der Waals surface area contributed by atoms with Crippen molar-refractivity contribution < 1.29 is 4.79 Å². The molecule has 1 unspecified atom stereocenters. The van der Waals surface area contributed by atoms with Crippen molar-refractivity contribution in [3.63, 3.8) is 0 Å². The predicted octanol–water partition coefficient (Wildman–Crippen LogP) is 5.36. The standard InChI is InChI=1S/C22H28N8S.C13H19N3O/c1-4-29-13-17(9-24-29)19-10-23-22-21(25-16(3)12-30(19)22)26-20-8-18(27-31-20)14-28-7-5-6-15(2)11-28;1-15-6-8-16(9-7-15)10-12-2-4-13(5-3-12)14-11-17/h8-10,12-13,15H,4-7,11,14H2,1-3H3,(H,25,26);2-5,11H,6-10H2,1H3,(H,14,17). The summed E-state index contributed by atoms with van der Waals surface area (Å²) in [7, 11) is 2.16. The van der Waals surface area contributed by atoms with Gasteiger partial charge in [0.05, 0.1) is 29.5 Å². The second-order valence-electron chi connectivity index (χ2n) is 13.0. The molecule has 0 saturated carbocycles. The van der Waals surface area contributed by atoms with Crippen LogP contribution in [0.25, 0.3) is 16.9 Å². The molecule has 1 amide bonds. The van der Waals surface area contributed by atoms with E-state index in [0.29, 0.717) is 6.41 Å². The topological polar surface area (TPSA) is 112 Å². The van der Waals surface area contributed by atoms with Crippen molar-refractivity contribution in [2.45, 2.75) is 53.2 Å². The maximum atomic E-state index is 10.3. The van der Waals surface area contributed by atoms with E-state index in [1.54, 1.807) is 0 Å². The monoisotopic (exact) mass is 669 g/mol. The number of anilines is 3. The summed E-state index contributed by atoms with van der Waals surface area (Å²) in [5.41, 5.74) is 7.03. The molecule has 1 atom stereocenters. The lowest BCUT2D eigenvalue weighted by atomic mass is 10.0. The summed E-state index contributed by atoms with van der Waals surface area (Å²) in [6, 6.07) is 10.2. The van der Waals surface area contributed by atoms with E-state index in [1.807, 2.05) is 48.5 Å². The first kappa shape index (κ1) is 33.7. The fraction of sp³-hybridized carbons (Fsp3) is 0.457. The number of carbonyl (C=O) groups is 1. The van der Waals surface area contributed by atoms with Crippen LogP contribution in [-0.4, -0.2) is 95.9 Å². The quantitative estimate of drug-likeness (QED) is 0.190. The molecule has 5 aromatic rings. The van der Waals surface area contributed by atoms with Crippen LogP contribution in [0, 0.1) is 12.8 Å². The fourth-order valence-electron chi connectivity index (χ4n) is 6.33. The maximum Gasteiger partial charge on any atom is 0.211 e. The molecule has 12 nitrogen and oxygen atoms in total. The molecule has 2 aliphatic heterocycles. The molecule has 0 bridgehead atoms. The van der Waals surface area contributed by atoms with Crippen molar-refractivity contribution in [2.75, 3.05) is 56.9 Å². The van der Waals surface area contributed by atoms with Gasteiger partial charge in [0.25, 0.3) is 0 Å². The van der Waals surface area contributed by atoms with Gasteiger partial charge in [-0.3, -0.25) is 23.7 Å². The van der Waals surface area contributed by atoms with E-state index in [-0.39, 0.29) is 0 Å². The summed E-state index contributed by atoms with van der Waals surface area (Å²) in [6.45, 7) is 16.0. The first-order valence-corrected chi connectivity index (χ1v) is 17.7. The number of fused-ring (bicyclic) bond motifs is 1. The Morgan fingerprint density at radius 1 is 1.02 bits per heavy atom. The Morgan fingerprint density at radius 2 is 1.83 bits per heavy atom. The number of carbonyl (C=O) groups excluding carboxylic acids is 1. The number of aryl methyl sites for hydroxylation is 2. The van der Waals surface area contributed by atoms with Crippen molar-refractivity contribution in [2.24, 2.45) is 5.92 Å². The zero-order valence-electron chi connectivity index (χ0n) is 28.5. The molecular formula is C35H47N11OS. The number of imidazole rings is 1. The first-order chi connectivity index (χ1) is 23.4. The summed E-state index contributed by atoms with van der Waals surface area (Å²) in [6.07, 6.45) is 11.1. The number of likely N-dealkylation sites (tertiary alicyclic amines) is 1. The zero-order valence-corrected chi connectivity index (χ0v) is 29.3. The van der Waals surface area contributed by atoms with Crippen LogP contribution in [0.4, 0.5) is 16.5 Å². The molecule has 0 spiro atoms. The number of benzene rings is 1. The number of hydrogen-bond donors (Lipinski definition) is 2. The SMILES string of the molecule is CCn1cc(-c2cnc3c(Nc4cc(CN5CCCC(C)C5)ns4)nc(C)cn23)cn1.CN1CCN(Cc2ccc(NC=O)cc2)CC1. The summed E-state index contributed by atoms with van der Waals surface area (Å²) < 4.78 is 8.67. The van der Waals surface area contributed by atoms with E-state index in [0.717, 1.165) is 110 Å². The molecular weight excluding hydrogens is 623 g/mol. The van der Waals surface area contributed by atoms with Gasteiger partial charge in [0, 0.05) is 76.0 Å². The van der Waals surface area contributed by atoms with Crippen LogP contribution in [0.2, 0.25) is 0 Å². The Hall–Kier alpha value is -4.17. The first-order valence-electron chi connectivity index (χ1n) is 16.9. The van der Waals surface area contributed by atoms with E-state index >= 15 is 0 Å². The highest BCUT2D eigenvalue weighted by Gasteiger charge is 2.19. The molecule has 7 rings (SSSR count). The molecule has 0 aliphatic carbocycles. The number of piperazine rings is 1. The Labute approximate surface area is 287 Å². The van der Waals surface area contributed by atoms with Gasteiger partial charge >= 0.3 is 0 Å². The normalized spacial score (nSPS) is 17.6. The zero-order chi connectivity index (χ0) is 33.5. The number of nitrogens with zero attached hydrogens (tertiary/aromatic N) is 9. The van der Waals surface area contributed by atoms with Crippen molar-refractivity contribution in [3.05, 3.63) is 72.1 Å². The van der Waals surface area contributed by atoms with Gasteiger partial charge in [-0.15, -0.1) is 0 Å². The number of aromatic nitrogens is 6. The highest BCUT2D eigenvalue weighted by Crippen LogP contribution is 2.28. The average molecular weight is 670 g/mol. The third-order valence-electron chi connectivity index (χ3n) is 8.97. The van der Waals surface area contributed by atoms with Crippen LogP contribution in [0.5, 0.6) is 0 Å². The third kappa shape index (κ3) is 8.64. The minimum Gasteiger partial charge on any atom is -0.329 e. The molecule has 2 saturated heterocycles. The van der Waals surface area contributed by atoms with Crippen LogP contribution < -0.4 is 10.6 Å². The molecule has 48 heavy (non-hydrogen) atoms. The van der Waals surface area contributed by atoms with Crippen LogP contribution >= 0.6 is 11.5 Å². The van der Waals surface area contributed by atoms with Gasteiger partial charge in [0.15, 0.2) is 11.5 Å². The highest BCUT2D eigenvalue weighted by atomic mass is 32.1. The Kier molecular flexibility index (Phi) is 11.1. The van der Waals surface area contributed by atoms with Gasteiger partial charge in [0.2, 0.25) is 6.41 Å². The summed E-state index contributed by atoms with van der Waals surface area (Å²) in [4.78, 5) is 27.0. The van der Waals surface area contributed by atoms with Crippen molar-refractivity contribution in [1.29, 1.82) is 0 Å². The van der Waals surface area contributed by atoms with Crippen LogP contribution in [-0.2, 0) is 24.4 Å². The highest BCUT2D eigenvalue weighted by molar-refractivity contribution is 7.10. The van der Waals surface area contributed by atoms with E-state index in [4.69, 9.17) is 4.98 Å². The molecule has 2 aliphatic rings. The molecule has 254 valence electrons. The number of piperidine rings is 1. The maximum absolute atomic E-state index is 10.3. The van der Waals surface area contributed by atoms with Crippen molar-refractivity contribution in [3.8, 4) is 11.3 Å². The minimum atomic E-state index is 0.704. The second kappa shape index (κ2) is 15.8. The smallest absolute Gasteiger partial charge is 0.211 e. The van der Waals surface area contributed by atoms with Crippen LogP contribution in [0.3, 0.4) is 0 Å². The van der Waals surface area contributed by atoms with Gasteiger partial charge in [-0.25, -0.2) is 9.97 Å². The third-order valence-corrected chi connectivity index (χ3v) is 9.72. The minimum absolute atomic E-state index is 0.704. The lowest BCUT2D eigenvalue weighted by Gasteiger charge is -2.32. The number of amides is 1. The number of likely N-dealkylation sites (N-methyl/N-ethyl adjacent to an activating group) is 1. The number of rotatable bonds is 10. The largest absolute Gasteiger partial charge is 0.329 e. The van der Waals surface area contributed by atoms with Gasteiger partial charge in [0.1, 0.15) is 5.00 Å². The van der Waals surface area contributed by atoms with Gasteiger partial charge in [-0.2, -0.15) is 9.47 Å². The molecule has 0 radical (unpaired) electrons. The number of nitrogens with one attached hydrogen (secondary N) is 2. The molecule has 6 heterocycles. The van der Waals surface area contributed by atoms with Crippen LogP contribution in [0.1, 0.15) is 43.6 Å². The predicted molar refractivity (Wildman–Crippen MR) is 193 cm³/mol. The van der Waals surface area contributed by atoms with Gasteiger partial charge in [-0.05, 0) is 81.5 Å². The van der Waals surface area contributed by atoms with E-state index in [1.165, 1.54) is 29.9 Å². The molecule has 1 aromatic carbocycles. The van der Waals surface area contributed by atoms with Gasteiger partial charge in [-0.1, -0.05) is 19.1 Å². The van der Waals surface area contributed by atoms with Gasteiger partial charge < -0.3 is 15.5 Å². The lowest BCUT2D eigenvalue weighted by molar-refractivity contribution is -0.105. The number of hydrogen-bond acceptors (Lipinski definition) is 10. The molecule has 4 aromatic heterocycles. The molecule has 13 heteroatoms. The van der Waals surface area contributed by atoms with E-state index in [2.05, 4.69) is 83.3 Å².